The number of halogens is 1. The van der Waals surface area contributed by atoms with Crippen molar-refractivity contribution in [1.82, 2.24) is 0 Å². The van der Waals surface area contributed by atoms with Crippen molar-refractivity contribution in [3.8, 4) is 33.8 Å². The first-order valence-corrected chi connectivity index (χ1v) is 13.1. The van der Waals surface area contributed by atoms with Crippen LogP contribution in [0.2, 0.25) is 0 Å². The maximum absolute atomic E-state index is 15.5. The van der Waals surface area contributed by atoms with E-state index < -0.39 is 23.7 Å². The summed E-state index contributed by atoms with van der Waals surface area (Å²) in [5.74, 6) is -2.07. The Morgan fingerprint density at radius 3 is 1.98 bits per heavy atom. The summed E-state index contributed by atoms with van der Waals surface area (Å²) in [6.07, 6.45) is 1.66. The summed E-state index contributed by atoms with van der Waals surface area (Å²) in [5, 5.41) is 0. The summed E-state index contributed by atoms with van der Waals surface area (Å²) in [6.45, 7) is 15.7. The van der Waals surface area contributed by atoms with Crippen molar-refractivity contribution >= 4 is 17.9 Å². The van der Waals surface area contributed by atoms with Gasteiger partial charge in [0.05, 0.1) is 6.61 Å². The van der Waals surface area contributed by atoms with Gasteiger partial charge in [-0.1, -0.05) is 56.1 Å². The van der Waals surface area contributed by atoms with Crippen molar-refractivity contribution < 1.29 is 33.0 Å². The molecule has 3 aromatic carbocycles. The number of benzene rings is 3. The minimum absolute atomic E-state index is 0.00306. The molecule has 3 aromatic rings. The van der Waals surface area contributed by atoms with E-state index in [1.54, 1.807) is 25.1 Å². The molecule has 0 radical (unpaired) electrons. The maximum atomic E-state index is 15.5. The predicted octanol–water partition coefficient (Wildman–Crippen LogP) is 7.27. The van der Waals surface area contributed by atoms with Crippen molar-refractivity contribution in [2.75, 3.05) is 6.61 Å². The highest BCUT2D eigenvalue weighted by molar-refractivity contribution is 5.91. The van der Waals surface area contributed by atoms with Crippen LogP contribution in [0.25, 0.3) is 22.3 Å². The van der Waals surface area contributed by atoms with Crippen LogP contribution in [0.1, 0.15) is 44.2 Å². The third kappa shape index (κ3) is 6.69. The Labute approximate surface area is 238 Å². The average Bonchev–Trinajstić information content (AvgIpc) is 3.34. The van der Waals surface area contributed by atoms with Gasteiger partial charge in [0.25, 0.3) is 0 Å². The van der Waals surface area contributed by atoms with Crippen LogP contribution in [-0.4, -0.2) is 24.5 Å². The van der Waals surface area contributed by atoms with E-state index in [0.717, 1.165) is 29.5 Å². The monoisotopic (exact) mass is 554 g/mol. The van der Waals surface area contributed by atoms with Crippen LogP contribution < -0.4 is 9.47 Å². The average molecular weight is 555 g/mol. The van der Waals surface area contributed by atoms with Crippen molar-refractivity contribution in [3.63, 3.8) is 0 Å². The standard InChI is InChI=1S/C34H31FO6/c1-19(2)32(36)39-18-26-8-7-24-15-25(10-12-27(24)26)28-13-9-22(16-29(28)35)23-11-14-30(40-33(37)20(3)4)31(17-23)41-34(38)21(5)6/h9-17,26H,1,3,5,7-8,18H2,2,4,6H3. The SMILES string of the molecule is C=C(C)C(=O)OCC1CCc2cc(-c3ccc(-c4ccc(OC(=O)C(=C)C)c(OC(=O)C(=C)C)c4)cc3F)ccc21. The minimum atomic E-state index is -0.691. The zero-order chi connectivity index (χ0) is 29.8. The second kappa shape index (κ2) is 12.2. The summed E-state index contributed by atoms with van der Waals surface area (Å²) in [5.41, 5.74) is 5.18. The van der Waals surface area contributed by atoms with Gasteiger partial charge >= 0.3 is 17.9 Å². The number of aryl methyl sites for hydroxylation is 1. The molecule has 0 saturated carbocycles. The number of carbonyl (C=O) groups is 3. The van der Waals surface area contributed by atoms with Gasteiger partial charge in [-0.2, -0.15) is 0 Å². The first-order valence-electron chi connectivity index (χ1n) is 13.1. The van der Waals surface area contributed by atoms with Gasteiger partial charge in [0.15, 0.2) is 11.5 Å². The van der Waals surface area contributed by atoms with Crippen LogP contribution in [0.4, 0.5) is 4.39 Å². The largest absolute Gasteiger partial charge is 0.462 e. The van der Waals surface area contributed by atoms with Crippen LogP contribution in [0.5, 0.6) is 11.5 Å². The predicted molar refractivity (Wildman–Crippen MR) is 155 cm³/mol. The molecule has 0 aliphatic heterocycles. The van der Waals surface area contributed by atoms with Crippen LogP contribution in [0, 0.1) is 5.82 Å². The Morgan fingerprint density at radius 1 is 0.756 bits per heavy atom. The number of rotatable bonds is 9. The minimum Gasteiger partial charge on any atom is -0.462 e. The summed E-state index contributed by atoms with van der Waals surface area (Å²) in [4.78, 5) is 36.1. The lowest BCUT2D eigenvalue weighted by molar-refractivity contribution is -0.139. The third-order valence-electron chi connectivity index (χ3n) is 6.77. The quantitative estimate of drug-likeness (QED) is 0.157. The molecule has 0 heterocycles. The molecule has 6 nitrogen and oxygen atoms in total. The Bertz CT molecular complexity index is 1600. The molecular formula is C34H31FO6. The van der Waals surface area contributed by atoms with Gasteiger partial charge in [-0.05, 0) is 79.6 Å². The molecule has 0 aromatic heterocycles. The van der Waals surface area contributed by atoms with Crippen molar-refractivity contribution in [3.05, 3.63) is 108 Å². The van der Waals surface area contributed by atoms with E-state index in [1.165, 1.54) is 32.0 Å². The first kappa shape index (κ1) is 29.2. The van der Waals surface area contributed by atoms with Gasteiger partial charge in [-0.15, -0.1) is 0 Å². The van der Waals surface area contributed by atoms with Gasteiger partial charge in [0, 0.05) is 28.2 Å². The third-order valence-corrected chi connectivity index (χ3v) is 6.77. The smallest absolute Gasteiger partial charge is 0.338 e. The fourth-order valence-corrected chi connectivity index (χ4v) is 4.50. The van der Waals surface area contributed by atoms with Crippen molar-refractivity contribution in [1.29, 1.82) is 0 Å². The first-order chi connectivity index (χ1) is 19.4. The van der Waals surface area contributed by atoms with Gasteiger partial charge < -0.3 is 14.2 Å². The molecule has 0 bridgehead atoms. The summed E-state index contributed by atoms with van der Waals surface area (Å²) < 4.78 is 31.5. The highest BCUT2D eigenvalue weighted by atomic mass is 19.1. The van der Waals surface area contributed by atoms with Crippen LogP contribution >= 0.6 is 0 Å². The number of ether oxygens (including phenoxy) is 3. The highest BCUT2D eigenvalue weighted by Gasteiger charge is 2.25. The molecule has 0 amide bonds. The summed E-state index contributed by atoms with van der Waals surface area (Å²) in [7, 11) is 0. The zero-order valence-electron chi connectivity index (χ0n) is 23.3. The molecule has 41 heavy (non-hydrogen) atoms. The Kier molecular flexibility index (Phi) is 8.67. The van der Waals surface area contributed by atoms with Gasteiger partial charge in [0.2, 0.25) is 0 Å². The van der Waals surface area contributed by atoms with E-state index in [1.807, 2.05) is 18.2 Å². The van der Waals surface area contributed by atoms with Crippen molar-refractivity contribution in [2.24, 2.45) is 0 Å². The Hall–Kier alpha value is -4.78. The highest BCUT2D eigenvalue weighted by Crippen LogP contribution is 2.38. The molecule has 210 valence electrons. The van der Waals surface area contributed by atoms with Crippen LogP contribution in [-0.2, 0) is 25.5 Å². The lowest BCUT2D eigenvalue weighted by Crippen LogP contribution is -2.12. The zero-order valence-corrected chi connectivity index (χ0v) is 23.3. The van der Waals surface area contributed by atoms with Crippen LogP contribution in [0.3, 0.4) is 0 Å². The summed E-state index contributed by atoms with van der Waals surface area (Å²) in [6, 6.07) is 15.3. The van der Waals surface area contributed by atoms with Gasteiger partial charge in [-0.3, -0.25) is 0 Å². The molecule has 1 aliphatic carbocycles. The molecule has 0 spiro atoms. The normalized spacial score (nSPS) is 13.6. The molecule has 0 fully saturated rings. The molecule has 1 aliphatic rings. The van der Waals surface area contributed by atoms with E-state index in [2.05, 4.69) is 19.7 Å². The van der Waals surface area contributed by atoms with E-state index in [4.69, 9.17) is 14.2 Å². The van der Waals surface area contributed by atoms with Crippen molar-refractivity contribution in [2.45, 2.75) is 39.5 Å². The van der Waals surface area contributed by atoms with E-state index in [0.29, 0.717) is 22.3 Å². The lowest BCUT2D eigenvalue weighted by Gasteiger charge is -2.14. The second-order valence-corrected chi connectivity index (χ2v) is 10.2. The number of esters is 3. The maximum Gasteiger partial charge on any atom is 0.338 e. The molecule has 0 saturated heterocycles. The molecule has 0 N–H and O–H groups in total. The van der Waals surface area contributed by atoms with E-state index in [-0.39, 0.29) is 35.2 Å². The number of hydrogen-bond acceptors (Lipinski definition) is 6. The number of hydrogen-bond donors (Lipinski definition) is 0. The van der Waals surface area contributed by atoms with E-state index >= 15 is 4.39 Å². The fraction of sp³-hybridized carbons (Fsp3) is 0.206. The molecule has 4 rings (SSSR count). The Balaban J connectivity index is 1.59. The molecular weight excluding hydrogens is 523 g/mol. The topological polar surface area (TPSA) is 78.9 Å². The van der Waals surface area contributed by atoms with Gasteiger partial charge in [0.1, 0.15) is 5.82 Å². The second-order valence-electron chi connectivity index (χ2n) is 10.2. The van der Waals surface area contributed by atoms with Crippen LogP contribution in [0.15, 0.2) is 91.1 Å². The Morgan fingerprint density at radius 2 is 1.34 bits per heavy atom. The lowest BCUT2D eigenvalue weighted by atomic mass is 9.95. The number of carbonyl (C=O) groups excluding carboxylic acids is 3. The van der Waals surface area contributed by atoms with Gasteiger partial charge in [-0.25, -0.2) is 18.8 Å². The molecule has 7 heteroatoms. The summed E-state index contributed by atoms with van der Waals surface area (Å²) >= 11 is 0. The number of fused-ring (bicyclic) bond motifs is 1. The molecule has 1 atom stereocenters. The fourth-order valence-electron chi connectivity index (χ4n) is 4.50. The van der Waals surface area contributed by atoms with E-state index in [9.17, 15) is 14.4 Å². The molecule has 1 unspecified atom stereocenters.